The van der Waals surface area contributed by atoms with Crippen LogP contribution in [0.4, 0.5) is 0 Å². The molecule has 1 atom stereocenters. The molecule has 118 valence electrons. The smallest absolute Gasteiger partial charge is 0.287 e. The summed E-state index contributed by atoms with van der Waals surface area (Å²) in [7, 11) is 0. The van der Waals surface area contributed by atoms with Gasteiger partial charge in [0, 0.05) is 5.39 Å². The van der Waals surface area contributed by atoms with E-state index in [0.717, 1.165) is 5.39 Å². The highest BCUT2D eigenvalue weighted by Gasteiger charge is 2.19. The van der Waals surface area contributed by atoms with Gasteiger partial charge in [0.25, 0.3) is 5.91 Å². The Bertz CT molecular complexity index is 787. The Morgan fingerprint density at radius 1 is 1.17 bits per heavy atom. The number of carbonyl (C=O) groups is 2. The van der Waals surface area contributed by atoms with Gasteiger partial charge in [0.1, 0.15) is 17.4 Å². The Morgan fingerprint density at radius 2 is 2.00 bits per heavy atom. The van der Waals surface area contributed by atoms with Gasteiger partial charge in [-0.25, -0.2) is 0 Å². The zero-order valence-corrected chi connectivity index (χ0v) is 12.5. The minimum absolute atomic E-state index is 0.178. The van der Waals surface area contributed by atoms with Crippen molar-refractivity contribution in [2.24, 2.45) is 0 Å². The van der Waals surface area contributed by atoms with Crippen LogP contribution < -0.4 is 10.6 Å². The third-order valence-corrected chi connectivity index (χ3v) is 3.41. The zero-order valence-electron chi connectivity index (χ0n) is 12.5. The lowest BCUT2D eigenvalue weighted by molar-refractivity contribution is -0.122. The quantitative estimate of drug-likeness (QED) is 0.758. The fraction of sp³-hybridized carbons (Fsp3) is 0.176. The van der Waals surface area contributed by atoms with Gasteiger partial charge in [-0.05, 0) is 31.2 Å². The molecular formula is C17H16N2O4. The van der Waals surface area contributed by atoms with Crippen molar-refractivity contribution in [1.29, 1.82) is 0 Å². The predicted octanol–water partition coefficient (Wildman–Crippen LogP) is 2.46. The second-order valence-corrected chi connectivity index (χ2v) is 5.14. The maximum atomic E-state index is 12.2. The van der Waals surface area contributed by atoms with Gasteiger partial charge < -0.3 is 19.5 Å². The predicted molar refractivity (Wildman–Crippen MR) is 83.7 cm³/mol. The van der Waals surface area contributed by atoms with Crippen molar-refractivity contribution < 1.29 is 18.4 Å². The molecular weight excluding hydrogens is 296 g/mol. The van der Waals surface area contributed by atoms with Gasteiger partial charge in [-0.15, -0.1) is 0 Å². The number of furan rings is 2. The number of carbonyl (C=O) groups excluding carboxylic acids is 2. The summed E-state index contributed by atoms with van der Waals surface area (Å²) in [5.74, 6) is 0.0961. The first-order valence-corrected chi connectivity index (χ1v) is 7.23. The number of fused-ring (bicyclic) bond motifs is 1. The van der Waals surface area contributed by atoms with Crippen molar-refractivity contribution in [1.82, 2.24) is 10.6 Å². The van der Waals surface area contributed by atoms with E-state index in [0.29, 0.717) is 11.3 Å². The third kappa shape index (κ3) is 3.42. The lowest BCUT2D eigenvalue weighted by atomic mass is 10.2. The molecule has 3 aromatic rings. The van der Waals surface area contributed by atoms with Crippen LogP contribution >= 0.6 is 0 Å². The van der Waals surface area contributed by atoms with Crippen LogP contribution in [-0.4, -0.2) is 17.9 Å². The van der Waals surface area contributed by atoms with Gasteiger partial charge in [-0.1, -0.05) is 18.2 Å². The van der Waals surface area contributed by atoms with E-state index in [2.05, 4.69) is 10.6 Å². The Balaban J connectivity index is 1.58. The normalized spacial score (nSPS) is 12.0. The van der Waals surface area contributed by atoms with Crippen LogP contribution in [-0.2, 0) is 11.3 Å². The van der Waals surface area contributed by atoms with Crippen molar-refractivity contribution in [3.05, 3.63) is 60.2 Å². The maximum Gasteiger partial charge on any atom is 0.287 e. The highest BCUT2D eigenvalue weighted by atomic mass is 16.3. The van der Waals surface area contributed by atoms with Crippen LogP contribution in [0.3, 0.4) is 0 Å². The molecule has 23 heavy (non-hydrogen) atoms. The molecule has 0 saturated carbocycles. The molecule has 2 aromatic heterocycles. The fourth-order valence-electron chi connectivity index (χ4n) is 2.17. The first kappa shape index (κ1) is 14.9. The molecule has 0 aliphatic carbocycles. The second-order valence-electron chi connectivity index (χ2n) is 5.14. The number of rotatable bonds is 5. The number of para-hydroxylation sites is 1. The molecule has 1 aromatic carbocycles. The van der Waals surface area contributed by atoms with Crippen molar-refractivity contribution >= 4 is 22.8 Å². The van der Waals surface area contributed by atoms with Crippen LogP contribution in [0.25, 0.3) is 11.0 Å². The van der Waals surface area contributed by atoms with E-state index in [4.69, 9.17) is 8.83 Å². The molecule has 0 aliphatic heterocycles. The van der Waals surface area contributed by atoms with E-state index in [9.17, 15) is 9.59 Å². The van der Waals surface area contributed by atoms with E-state index in [-0.39, 0.29) is 18.2 Å². The molecule has 6 heteroatoms. The highest BCUT2D eigenvalue weighted by Crippen LogP contribution is 2.18. The third-order valence-electron chi connectivity index (χ3n) is 3.41. The Kier molecular flexibility index (Phi) is 4.14. The van der Waals surface area contributed by atoms with Gasteiger partial charge in [-0.2, -0.15) is 0 Å². The van der Waals surface area contributed by atoms with Crippen molar-refractivity contribution in [3.8, 4) is 0 Å². The highest BCUT2D eigenvalue weighted by molar-refractivity contribution is 5.98. The number of hydrogen-bond acceptors (Lipinski definition) is 4. The van der Waals surface area contributed by atoms with Crippen LogP contribution in [0.2, 0.25) is 0 Å². The molecule has 2 N–H and O–H groups in total. The number of nitrogens with one attached hydrogen (secondary N) is 2. The number of benzene rings is 1. The van der Waals surface area contributed by atoms with Crippen LogP contribution in [0.15, 0.2) is 57.6 Å². The first-order valence-electron chi connectivity index (χ1n) is 7.23. The zero-order chi connectivity index (χ0) is 16.2. The molecule has 1 unspecified atom stereocenters. The Hall–Kier alpha value is -3.02. The SMILES string of the molecule is CC(NC(=O)c1cc2ccccc2o1)C(=O)NCc1ccco1. The number of hydrogen-bond donors (Lipinski definition) is 2. The minimum Gasteiger partial charge on any atom is -0.467 e. The van der Waals surface area contributed by atoms with Crippen molar-refractivity contribution in [3.63, 3.8) is 0 Å². The van der Waals surface area contributed by atoms with Gasteiger partial charge in [-0.3, -0.25) is 9.59 Å². The van der Waals surface area contributed by atoms with Gasteiger partial charge in [0.2, 0.25) is 5.91 Å². The molecule has 0 spiro atoms. The Morgan fingerprint density at radius 3 is 2.74 bits per heavy atom. The average Bonchev–Trinajstić information content (AvgIpc) is 3.21. The summed E-state index contributed by atoms with van der Waals surface area (Å²) in [5, 5.41) is 6.14. The van der Waals surface area contributed by atoms with E-state index < -0.39 is 11.9 Å². The molecule has 0 aliphatic rings. The summed E-state index contributed by atoms with van der Waals surface area (Å²) in [6, 6.07) is 11.8. The standard InChI is InChI=1S/C17H16N2O4/c1-11(16(20)18-10-13-6-4-8-22-13)19-17(21)15-9-12-5-2-3-7-14(12)23-15/h2-9,11H,10H2,1H3,(H,18,20)(H,19,21). The van der Waals surface area contributed by atoms with Crippen molar-refractivity contribution in [2.75, 3.05) is 0 Å². The second kappa shape index (κ2) is 6.39. The van der Waals surface area contributed by atoms with Crippen LogP contribution in [0, 0.1) is 0 Å². The van der Waals surface area contributed by atoms with Gasteiger partial charge in [0.15, 0.2) is 5.76 Å². The lowest BCUT2D eigenvalue weighted by Crippen LogP contribution is -2.44. The minimum atomic E-state index is -0.689. The fourth-order valence-corrected chi connectivity index (χ4v) is 2.17. The summed E-state index contributed by atoms with van der Waals surface area (Å²) in [4.78, 5) is 24.1. The first-order chi connectivity index (χ1) is 11.1. The maximum absolute atomic E-state index is 12.2. The summed E-state index contributed by atoms with van der Waals surface area (Å²) in [6.07, 6.45) is 1.54. The van der Waals surface area contributed by atoms with E-state index in [1.54, 1.807) is 31.2 Å². The molecule has 0 bridgehead atoms. The lowest BCUT2D eigenvalue weighted by Gasteiger charge is -2.12. The molecule has 0 saturated heterocycles. The van der Waals surface area contributed by atoms with E-state index in [1.165, 1.54) is 6.26 Å². The Labute approximate surface area is 132 Å². The monoisotopic (exact) mass is 312 g/mol. The summed E-state index contributed by atoms with van der Waals surface area (Å²) in [6.45, 7) is 1.88. The molecule has 0 fully saturated rings. The summed E-state index contributed by atoms with van der Waals surface area (Å²) >= 11 is 0. The van der Waals surface area contributed by atoms with Gasteiger partial charge >= 0.3 is 0 Å². The number of amides is 2. The van der Waals surface area contributed by atoms with E-state index >= 15 is 0 Å². The largest absolute Gasteiger partial charge is 0.467 e. The molecule has 2 heterocycles. The average molecular weight is 312 g/mol. The van der Waals surface area contributed by atoms with Crippen LogP contribution in [0.1, 0.15) is 23.2 Å². The van der Waals surface area contributed by atoms with Crippen LogP contribution in [0.5, 0.6) is 0 Å². The van der Waals surface area contributed by atoms with E-state index in [1.807, 2.05) is 18.2 Å². The summed E-state index contributed by atoms with van der Waals surface area (Å²) in [5.41, 5.74) is 0.632. The molecule has 2 amide bonds. The topological polar surface area (TPSA) is 84.5 Å². The van der Waals surface area contributed by atoms with Gasteiger partial charge in [0.05, 0.1) is 12.8 Å². The summed E-state index contributed by atoms with van der Waals surface area (Å²) < 4.78 is 10.6. The molecule has 6 nitrogen and oxygen atoms in total. The molecule has 3 rings (SSSR count). The molecule has 0 radical (unpaired) electrons. The van der Waals surface area contributed by atoms with Crippen molar-refractivity contribution in [2.45, 2.75) is 19.5 Å².